The second-order valence-corrected chi connectivity index (χ2v) is 20.2. The van der Waals surface area contributed by atoms with Gasteiger partial charge in [-0.2, -0.15) is 0 Å². The maximum absolute atomic E-state index is 2.39. The number of thiophene rings is 5. The van der Waals surface area contributed by atoms with E-state index in [-0.39, 0.29) is 0 Å². The fraction of sp³-hybridized carbons (Fsp3) is 0.600. The monoisotopic (exact) mass is 762 g/mol. The minimum atomic E-state index is 1.22. The quantitative estimate of drug-likeness (QED) is 0.0510. The molecule has 6 rings (SSSR count). The molecule has 0 spiro atoms. The van der Waals surface area contributed by atoms with Crippen LogP contribution in [0.5, 0.6) is 0 Å². The van der Waals surface area contributed by atoms with Gasteiger partial charge in [-0.1, -0.05) is 173 Å². The largest absolute Gasteiger partial charge is 0.138 e. The van der Waals surface area contributed by atoms with Crippen LogP contribution in [0.15, 0.2) is 30.3 Å². The van der Waals surface area contributed by atoms with Gasteiger partial charge in [0, 0.05) is 9.75 Å². The maximum Gasteiger partial charge on any atom is 0.0651 e. The topological polar surface area (TPSA) is 0 Å². The van der Waals surface area contributed by atoms with E-state index in [4.69, 9.17) is 0 Å². The van der Waals surface area contributed by atoms with Crippen molar-refractivity contribution in [1.82, 2.24) is 0 Å². The zero-order valence-electron chi connectivity index (χ0n) is 31.4. The van der Waals surface area contributed by atoms with Crippen molar-refractivity contribution < 1.29 is 0 Å². The van der Waals surface area contributed by atoms with Gasteiger partial charge in [0.05, 0.1) is 37.6 Å². The third kappa shape index (κ3) is 9.64. The van der Waals surface area contributed by atoms with Gasteiger partial charge in [0.25, 0.3) is 0 Å². The van der Waals surface area contributed by atoms with Crippen LogP contribution < -0.4 is 0 Å². The van der Waals surface area contributed by atoms with Gasteiger partial charge < -0.3 is 0 Å². The Balaban J connectivity index is 1.10. The number of hydrogen-bond acceptors (Lipinski definition) is 5. The van der Waals surface area contributed by atoms with Crippen molar-refractivity contribution in [3.8, 4) is 10.4 Å². The molecule has 0 fully saturated rings. The van der Waals surface area contributed by atoms with E-state index in [0.29, 0.717) is 0 Å². The Kier molecular flexibility index (Phi) is 15.6. The third-order valence-electron chi connectivity index (χ3n) is 10.9. The second-order valence-electron chi connectivity index (χ2n) is 14.9. The molecular formula is C45H62S5. The number of unbranched alkanes of at least 4 members (excludes halogenated alkanes) is 20. The number of hydrogen-bond donors (Lipinski definition) is 0. The van der Waals surface area contributed by atoms with Crippen molar-refractivity contribution in [2.75, 3.05) is 0 Å². The van der Waals surface area contributed by atoms with E-state index in [1.54, 1.807) is 53.6 Å². The lowest BCUT2D eigenvalue weighted by atomic mass is 10.0. The van der Waals surface area contributed by atoms with Gasteiger partial charge in [-0.05, 0) is 49.3 Å². The molecule has 0 aliphatic carbocycles. The van der Waals surface area contributed by atoms with E-state index in [1.165, 1.54) is 165 Å². The van der Waals surface area contributed by atoms with Crippen LogP contribution in [-0.2, 0) is 12.8 Å². The summed E-state index contributed by atoms with van der Waals surface area (Å²) >= 11 is 10.5. The van der Waals surface area contributed by atoms with Crippen LogP contribution in [0, 0.1) is 6.92 Å². The van der Waals surface area contributed by atoms with Crippen LogP contribution in [0.2, 0.25) is 0 Å². The first kappa shape index (κ1) is 38.5. The molecule has 5 aromatic heterocycles. The highest BCUT2D eigenvalue weighted by Gasteiger charge is 2.24. The van der Waals surface area contributed by atoms with E-state index in [2.05, 4.69) is 108 Å². The lowest BCUT2D eigenvalue weighted by Gasteiger charge is -2.06. The molecule has 0 saturated heterocycles. The predicted molar refractivity (Wildman–Crippen MR) is 236 cm³/mol. The van der Waals surface area contributed by atoms with E-state index in [0.717, 1.165) is 0 Å². The highest BCUT2D eigenvalue weighted by molar-refractivity contribution is 7.48. The summed E-state index contributed by atoms with van der Waals surface area (Å²) in [6.45, 7) is 7.01. The molecule has 272 valence electrons. The number of fused-ring (bicyclic) bond motifs is 7. The van der Waals surface area contributed by atoms with E-state index >= 15 is 0 Å². The average molecular weight is 763 g/mol. The van der Waals surface area contributed by atoms with Gasteiger partial charge >= 0.3 is 0 Å². The fourth-order valence-electron chi connectivity index (χ4n) is 7.88. The molecule has 0 nitrogen and oxygen atoms in total. The summed E-state index contributed by atoms with van der Waals surface area (Å²) in [4.78, 5) is 3.10. The Morgan fingerprint density at radius 1 is 0.360 bits per heavy atom. The molecule has 0 aliphatic rings. The van der Waals surface area contributed by atoms with Gasteiger partial charge in [-0.15, -0.1) is 56.7 Å². The number of rotatable bonds is 25. The van der Waals surface area contributed by atoms with Gasteiger partial charge in [-0.3, -0.25) is 0 Å². The van der Waals surface area contributed by atoms with Gasteiger partial charge in [0.1, 0.15) is 0 Å². The summed E-state index contributed by atoms with van der Waals surface area (Å²) in [5.41, 5.74) is 4.72. The van der Waals surface area contributed by atoms with E-state index < -0.39 is 0 Å². The van der Waals surface area contributed by atoms with Crippen molar-refractivity contribution in [1.29, 1.82) is 0 Å². The summed E-state index contributed by atoms with van der Waals surface area (Å²) < 4.78 is 12.7. The van der Waals surface area contributed by atoms with Gasteiger partial charge in [0.2, 0.25) is 0 Å². The maximum atomic E-state index is 2.39. The Bertz CT molecular complexity index is 1850. The highest BCUT2D eigenvalue weighted by Crippen LogP contribution is 2.56. The average Bonchev–Trinajstić information content (AvgIpc) is 3.91. The zero-order chi connectivity index (χ0) is 34.5. The van der Waals surface area contributed by atoms with E-state index in [1.807, 2.05) is 0 Å². The van der Waals surface area contributed by atoms with Crippen LogP contribution in [0.1, 0.15) is 171 Å². The molecule has 1 aromatic carbocycles. The molecule has 6 aromatic rings. The minimum absolute atomic E-state index is 1.22. The summed E-state index contributed by atoms with van der Waals surface area (Å²) in [7, 11) is 0. The lowest BCUT2D eigenvalue weighted by Crippen LogP contribution is -1.88. The fourth-order valence-corrected chi connectivity index (χ4v) is 15.7. The Labute approximate surface area is 323 Å². The van der Waals surface area contributed by atoms with Crippen molar-refractivity contribution in [3.05, 3.63) is 46.3 Å². The van der Waals surface area contributed by atoms with Gasteiger partial charge in [-0.25, -0.2) is 0 Å². The molecule has 5 heterocycles. The van der Waals surface area contributed by atoms with Crippen LogP contribution in [0.3, 0.4) is 0 Å². The molecule has 0 aliphatic heterocycles. The summed E-state index contributed by atoms with van der Waals surface area (Å²) in [5.74, 6) is 0. The number of benzene rings is 1. The Hall–Kier alpha value is -1.24. The van der Waals surface area contributed by atoms with Crippen LogP contribution in [0.4, 0.5) is 0 Å². The minimum Gasteiger partial charge on any atom is -0.138 e. The molecule has 0 bridgehead atoms. The second kappa shape index (κ2) is 20.3. The normalized spacial score (nSPS) is 12.2. The standard InChI is InChI=1S/C45H62S5/c1-4-6-8-10-12-14-16-18-20-22-27-31-35-33(3)46-40-38(35)48-44-42(40)50-43-41-39(49-45(43)44)36(37(47-41)34-29-25-24-26-30-34)32-28-23-21-19-17-15-13-11-9-7-5-2/h24-26,29-30H,4-23,27-28,31-32H2,1-3H3. The van der Waals surface area contributed by atoms with Crippen LogP contribution >= 0.6 is 56.7 Å². The van der Waals surface area contributed by atoms with Gasteiger partial charge in [0.15, 0.2) is 0 Å². The van der Waals surface area contributed by atoms with Crippen LogP contribution in [0.25, 0.3) is 48.0 Å². The predicted octanol–water partition coefficient (Wildman–Crippen LogP) is 18.3. The van der Waals surface area contributed by atoms with Crippen molar-refractivity contribution >= 4 is 94.3 Å². The highest BCUT2D eigenvalue weighted by atomic mass is 32.1. The van der Waals surface area contributed by atoms with Crippen molar-refractivity contribution in [2.24, 2.45) is 0 Å². The molecule has 0 amide bonds. The smallest absolute Gasteiger partial charge is 0.0651 e. The zero-order valence-corrected chi connectivity index (χ0v) is 35.5. The Morgan fingerprint density at radius 3 is 1.20 bits per heavy atom. The molecule has 50 heavy (non-hydrogen) atoms. The first-order valence-corrected chi connectivity index (χ1v) is 24.7. The Morgan fingerprint density at radius 2 is 0.720 bits per heavy atom. The summed E-state index contributed by atoms with van der Waals surface area (Å²) in [6, 6.07) is 11.3. The molecule has 0 N–H and O–H groups in total. The van der Waals surface area contributed by atoms with Crippen LogP contribution in [-0.4, -0.2) is 0 Å². The molecule has 0 saturated carbocycles. The first-order chi connectivity index (χ1) is 24.7. The summed E-state index contributed by atoms with van der Waals surface area (Å²) in [6.07, 6.45) is 33.5. The molecule has 0 unspecified atom stereocenters. The third-order valence-corrected chi connectivity index (χ3v) is 18.0. The van der Waals surface area contributed by atoms with Crippen molar-refractivity contribution in [2.45, 2.75) is 175 Å². The lowest BCUT2D eigenvalue weighted by molar-refractivity contribution is 0.549. The molecule has 5 heteroatoms. The summed E-state index contributed by atoms with van der Waals surface area (Å²) in [5, 5.41) is 0. The molecular weight excluding hydrogens is 701 g/mol. The molecule has 0 atom stereocenters. The van der Waals surface area contributed by atoms with Crippen molar-refractivity contribution in [3.63, 3.8) is 0 Å². The molecule has 0 radical (unpaired) electrons. The first-order valence-electron chi connectivity index (χ1n) is 20.6. The SMILES string of the molecule is CCCCCCCCCCCCCc1c(C)sc2c1sc1c2sc2c3sc(-c4ccccc4)c(CCCCCCCCCCCCC)c3sc21. The number of aryl methyl sites for hydroxylation is 3. The van der Waals surface area contributed by atoms with E-state index in [9.17, 15) is 0 Å².